The van der Waals surface area contributed by atoms with E-state index in [1.54, 1.807) is 18.0 Å². The first kappa shape index (κ1) is 19.4. The molecule has 28 heavy (non-hydrogen) atoms. The molecule has 0 spiro atoms. The third kappa shape index (κ3) is 4.88. The van der Waals surface area contributed by atoms with Gasteiger partial charge in [0.25, 0.3) is 5.91 Å². The zero-order valence-electron chi connectivity index (χ0n) is 15.1. The Hall–Kier alpha value is -3.35. The van der Waals surface area contributed by atoms with Gasteiger partial charge < -0.3 is 10.2 Å². The highest BCUT2D eigenvalue weighted by Crippen LogP contribution is 2.31. The third-order valence-electron chi connectivity index (χ3n) is 4.08. The molecule has 3 rings (SSSR count). The van der Waals surface area contributed by atoms with Crippen LogP contribution in [0.3, 0.4) is 0 Å². The molecule has 144 valence electrons. The Labute approximate surface area is 160 Å². The number of nitrogens with zero attached hydrogens (tertiary/aromatic N) is 2. The predicted octanol–water partition coefficient (Wildman–Crippen LogP) is 5.12. The zero-order valence-corrected chi connectivity index (χ0v) is 15.1. The maximum Gasteiger partial charge on any atom is 0.416 e. The lowest BCUT2D eigenvalue weighted by Crippen LogP contribution is -2.26. The van der Waals surface area contributed by atoms with Crippen LogP contribution in [0.1, 0.15) is 21.5 Å². The van der Waals surface area contributed by atoms with Crippen LogP contribution in [0.2, 0.25) is 0 Å². The molecule has 0 bridgehead atoms. The van der Waals surface area contributed by atoms with E-state index in [4.69, 9.17) is 0 Å². The van der Waals surface area contributed by atoms with Crippen molar-refractivity contribution in [1.29, 1.82) is 0 Å². The van der Waals surface area contributed by atoms with Crippen LogP contribution in [0.4, 0.5) is 24.7 Å². The van der Waals surface area contributed by atoms with Gasteiger partial charge in [0.1, 0.15) is 5.82 Å². The first-order valence-electron chi connectivity index (χ1n) is 8.52. The quantitative estimate of drug-likeness (QED) is 0.663. The second-order valence-corrected chi connectivity index (χ2v) is 6.28. The number of benzene rings is 2. The van der Waals surface area contributed by atoms with Crippen molar-refractivity contribution in [2.24, 2.45) is 0 Å². The Balaban J connectivity index is 1.74. The standard InChI is InChI=1S/C21H18F3N3O/c1-27(14-15-6-3-2-4-7-15)20(28)16-10-11-25-19(12-16)26-18-9-5-8-17(13-18)21(22,23)24/h2-13H,14H2,1H3,(H,25,26). The van der Waals surface area contributed by atoms with Gasteiger partial charge in [-0.1, -0.05) is 36.4 Å². The van der Waals surface area contributed by atoms with Crippen LogP contribution in [0, 0.1) is 0 Å². The van der Waals surface area contributed by atoms with Crippen LogP contribution in [0.5, 0.6) is 0 Å². The van der Waals surface area contributed by atoms with Gasteiger partial charge in [-0.25, -0.2) is 4.98 Å². The van der Waals surface area contributed by atoms with Crippen molar-refractivity contribution in [3.05, 3.63) is 89.6 Å². The highest BCUT2D eigenvalue weighted by atomic mass is 19.4. The van der Waals surface area contributed by atoms with Crippen LogP contribution in [0.15, 0.2) is 72.9 Å². The van der Waals surface area contributed by atoms with Crippen LogP contribution in [0.25, 0.3) is 0 Å². The molecule has 0 atom stereocenters. The minimum atomic E-state index is -4.43. The van der Waals surface area contributed by atoms with Crippen molar-refractivity contribution in [2.45, 2.75) is 12.7 Å². The van der Waals surface area contributed by atoms with E-state index in [0.717, 1.165) is 17.7 Å². The summed E-state index contributed by atoms with van der Waals surface area (Å²) in [5.74, 6) is 0.0802. The van der Waals surface area contributed by atoms with Crippen LogP contribution >= 0.6 is 0 Å². The monoisotopic (exact) mass is 385 g/mol. The Kier molecular flexibility index (Phi) is 5.63. The SMILES string of the molecule is CN(Cc1ccccc1)C(=O)c1ccnc(Nc2cccc(C(F)(F)F)c2)c1. The molecule has 4 nitrogen and oxygen atoms in total. The molecule has 1 amide bonds. The molecule has 0 aliphatic rings. The van der Waals surface area contributed by atoms with Gasteiger partial charge in [-0.3, -0.25) is 4.79 Å². The van der Waals surface area contributed by atoms with Gasteiger partial charge in [0.05, 0.1) is 5.56 Å². The molecular weight excluding hydrogens is 367 g/mol. The highest BCUT2D eigenvalue weighted by Gasteiger charge is 2.30. The molecule has 1 N–H and O–H groups in total. The highest BCUT2D eigenvalue weighted by molar-refractivity contribution is 5.94. The van der Waals surface area contributed by atoms with Gasteiger partial charge in [0, 0.05) is 31.0 Å². The lowest BCUT2D eigenvalue weighted by molar-refractivity contribution is -0.137. The molecule has 0 aliphatic carbocycles. The molecule has 0 aliphatic heterocycles. The number of hydrogen-bond acceptors (Lipinski definition) is 3. The number of rotatable bonds is 5. The Morgan fingerprint density at radius 1 is 1.04 bits per heavy atom. The number of alkyl halides is 3. The molecule has 7 heteroatoms. The van der Waals surface area contributed by atoms with E-state index in [0.29, 0.717) is 17.9 Å². The minimum Gasteiger partial charge on any atom is -0.340 e. The fourth-order valence-corrected chi connectivity index (χ4v) is 2.70. The van der Waals surface area contributed by atoms with Gasteiger partial charge in [0.15, 0.2) is 0 Å². The lowest BCUT2D eigenvalue weighted by atomic mass is 10.1. The number of carbonyl (C=O) groups excluding carboxylic acids is 1. The first-order valence-corrected chi connectivity index (χ1v) is 8.52. The summed E-state index contributed by atoms with van der Waals surface area (Å²) in [6.07, 6.45) is -2.98. The summed E-state index contributed by atoms with van der Waals surface area (Å²) < 4.78 is 38.6. The van der Waals surface area contributed by atoms with Crippen molar-refractivity contribution in [3.63, 3.8) is 0 Å². The van der Waals surface area contributed by atoms with E-state index in [2.05, 4.69) is 10.3 Å². The van der Waals surface area contributed by atoms with Crippen molar-refractivity contribution < 1.29 is 18.0 Å². The summed E-state index contributed by atoms with van der Waals surface area (Å²) in [7, 11) is 1.69. The normalized spacial score (nSPS) is 11.1. The fourth-order valence-electron chi connectivity index (χ4n) is 2.70. The number of anilines is 2. The number of aromatic nitrogens is 1. The number of pyridine rings is 1. The first-order chi connectivity index (χ1) is 13.3. The number of hydrogen-bond donors (Lipinski definition) is 1. The average molecular weight is 385 g/mol. The minimum absolute atomic E-state index is 0.210. The predicted molar refractivity (Wildman–Crippen MR) is 101 cm³/mol. The molecule has 1 heterocycles. The molecule has 0 unspecified atom stereocenters. The van der Waals surface area contributed by atoms with Crippen molar-refractivity contribution in [3.8, 4) is 0 Å². The Morgan fingerprint density at radius 3 is 2.50 bits per heavy atom. The summed E-state index contributed by atoms with van der Waals surface area (Å²) in [6, 6.07) is 17.5. The molecular formula is C21H18F3N3O. The van der Waals surface area contributed by atoms with Gasteiger partial charge >= 0.3 is 6.18 Å². The maximum absolute atomic E-state index is 12.9. The second kappa shape index (κ2) is 8.12. The molecule has 3 aromatic rings. The van der Waals surface area contributed by atoms with Crippen LogP contribution < -0.4 is 5.32 Å². The molecule has 0 saturated heterocycles. The smallest absolute Gasteiger partial charge is 0.340 e. The summed E-state index contributed by atoms with van der Waals surface area (Å²) >= 11 is 0. The largest absolute Gasteiger partial charge is 0.416 e. The van der Waals surface area contributed by atoms with Gasteiger partial charge in [-0.2, -0.15) is 13.2 Å². The van der Waals surface area contributed by atoms with E-state index in [9.17, 15) is 18.0 Å². The van der Waals surface area contributed by atoms with Crippen molar-refractivity contribution >= 4 is 17.4 Å². The van der Waals surface area contributed by atoms with Crippen LogP contribution in [-0.2, 0) is 12.7 Å². The average Bonchev–Trinajstić information content (AvgIpc) is 2.68. The molecule has 0 radical (unpaired) electrons. The van der Waals surface area contributed by atoms with Crippen molar-refractivity contribution in [1.82, 2.24) is 9.88 Å². The zero-order chi connectivity index (χ0) is 20.1. The fraction of sp³-hybridized carbons (Fsp3) is 0.143. The van der Waals surface area contributed by atoms with Gasteiger partial charge in [-0.05, 0) is 35.9 Å². The van der Waals surface area contributed by atoms with Gasteiger partial charge in [-0.15, -0.1) is 0 Å². The summed E-state index contributed by atoms with van der Waals surface area (Å²) in [6.45, 7) is 0.443. The topological polar surface area (TPSA) is 45.2 Å². The molecule has 1 aromatic heterocycles. The van der Waals surface area contributed by atoms with E-state index in [1.165, 1.54) is 24.4 Å². The van der Waals surface area contributed by atoms with Crippen LogP contribution in [-0.4, -0.2) is 22.8 Å². The molecule has 0 fully saturated rings. The number of halogens is 3. The Morgan fingerprint density at radius 2 is 1.79 bits per heavy atom. The van der Waals surface area contributed by atoms with E-state index in [1.807, 2.05) is 30.3 Å². The third-order valence-corrected chi connectivity index (χ3v) is 4.08. The number of nitrogens with one attached hydrogen (secondary N) is 1. The lowest BCUT2D eigenvalue weighted by Gasteiger charge is -2.18. The number of amides is 1. The molecule has 2 aromatic carbocycles. The molecule has 0 saturated carbocycles. The summed E-state index contributed by atoms with van der Waals surface area (Å²) in [4.78, 5) is 18.3. The van der Waals surface area contributed by atoms with Crippen molar-refractivity contribution in [2.75, 3.05) is 12.4 Å². The summed E-state index contributed by atoms with van der Waals surface area (Å²) in [5, 5.41) is 2.82. The maximum atomic E-state index is 12.9. The van der Waals surface area contributed by atoms with E-state index >= 15 is 0 Å². The second-order valence-electron chi connectivity index (χ2n) is 6.28. The number of carbonyl (C=O) groups is 1. The Bertz CT molecular complexity index is 958. The van der Waals surface area contributed by atoms with E-state index < -0.39 is 11.7 Å². The van der Waals surface area contributed by atoms with Gasteiger partial charge in [0.2, 0.25) is 0 Å². The summed E-state index contributed by atoms with van der Waals surface area (Å²) in [5.41, 5.74) is 0.870. The van der Waals surface area contributed by atoms with E-state index in [-0.39, 0.29) is 11.6 Å².